The summed E-state index contributed by atoms with van der Waals surface area (Å²) in [5.41, 5.74) is 2.84. The summed E-state index contributed by atoms with van der Waals surface area (Å²) in [6.45, 7) is 4.67. The molecule has 2 aromatic rings. The number of hydrazone groups is 1. The molecule has 0 saturated heterocycles. The van der Waals surface area contributed by atoms with Gasteiger partial charge in [-0.2, -0.15) is 19.7 Å². The molecule has 7 nitrogen and oxygen atoms in total. The van der Waals surface area contributed by atoms with Gasteiger partial charge < -0.3 is 0 Å². The van der Waals surface area contributed by atoms with Crippen LogP contribution in [-0.2, 0) is 11.8 Å². The second kappa shape index (κ2) is 6.85. The van der Waals surface area contributed by atoms with E-state index >= 15 is 0 Å². The van der Waals surface area contributed by atoms with E-state index in [-0.39, 0.29) is 5.56 Å². The van der Waals surface area contributed by atoms with Crippen LogP contribution in [0.4, 0.5) is 13.2 Å². The fourth-order valence-electron chi connectivity index (χ4n) is 2.17. The Kier molecular flexibility index (Phi) is 5.05. The van der Waals surface area contributed by atoms with Gasteiger partial charge in [0.1, 0.15) is 11.7 Å². The normalized spacial score (nSPS) is 13.0. The summed E-state index contributed by atoms with van der Waals surface area (Å²) in [4.78, 5) is 12.1. The first-order chi connectivity index (χ1) is 11.2. The van der Waals surface area contributed by atoms with Gasteiger partial charge in [0.05, 0.1) is 17.5 Å². The maximum absolute atomic E-state index is 13.7. The molecule has 0 spiro atoms. The number of alkyl halides is 2. The zero-order chi connectivity index (χ0) is 18.0. The highest BCUT2D eigenvalue weighted by atomic mass is 19.3. The number of hydrogen-bond acceptors (Lipinski definition) is 4. The molecule has 24 heavy (non-hydrogen) atoms. The summed E-state index contributed by atoms with van der Waals surface area (Å²) in [6, 6.07) is 0.362. The Morgan fingerprint density at radius 3 is 2.54 bits per heavy atom. The number of aromatic nitrogens is 4. The van der Waals surface area contributed by atoms with Gasteiger partial charge in [0.2, 0.25) is 5.95 Å². The van der Waals surface area contributed by atoms with Crippen LogP contribution in [0.5, 0.6) is 0 Å². The number of carbonyl (C=O) groups is 1. The van der Waals surface area contributed by atoms with Crippen molar-refractivity contribution < 1.29 is 18.0 Å². The SMILES string of the molecule is Cc1nn(C)c(F)c1C=NNC(=O)C(C)n1nc(C(F)F)cc1C. The number of carbonyl (C=O) groups excluding carboxylic acids is 1. The van der Waals surface area contributed by atoms with Gasteiger partial charge in [-0.3, -0.25) is 9.48 Å². The first-order valence-corrected chi connectivity index (χ1v) is 7.08. The monoisotopic (exact) mass is 342 g/mol. The van der Waals surface area contributed by atoms with Crippen LogP contribution in [-0.4, -0.2) is 31.7 Å². The lowest BCUT2D eigenvalue weighted by atomic mass is 10.3. The minimum Gasteiger partial charge on any atom is -0.271 e. The van der Waals surface area contributed by atoms with Crippen molar-refractivity contribution in [3.8, 4) is 0 Å². The van der Waals surface area contributed by atoms with E-state index in [4.69, 9.17) is 0 Å². The Balaban J connectivity index is 2.08. The van der Waals surface area contributed by atoms with Crippen LogP contribution in [0.2, 0.25) is 0 Å². The van der Waals surface area contributed by atoms with Gasteiger partial charge in [-0.05, 0) is 26.8 Å². The molecule has 1 amide bonds. The molecular weight excluding hydrogens is 325 g/mol. The standard InChI is InChI=1S/C14H17F3N6O/c1-7-5-11(12(15)16)21-23(7)9(3)14(24)19-18-6-10-8(2)20-22(4)13(10)17/h5-6,9,12H,1-4H3,(H,19,24). The Bertz CT molecular complexity index is 780. The van der Waals surface area contributed by atoms with Gasteiger partial charge >= 0.3 is 0 Å². The van der Waals surface area contributed by atoms with Crippen LogP contribution in [0.1, 0.15) is 42.0 Å². The quantitative estimate of drug-likeness (QED) is 0.667. The van der Waals surface area contributed by atoms with E-state index in [1.165, 1.54) is 24.7 Å². The largest absolute Gasteiger partial charge is 0.282 e. The third-order valence-electron chi connectivity index (χ3n) is 3.48. The zero-order valence-electron chi connectivity index (χ0n) is 13.6. The molecule has 2 heterocycles. The van der Waals surface area contributed by atoms with Crippen molar-refractivity contribution in [2.45, 2.75) is 33.2 Å². The van der Waals surface area contributed by atoms with Crippen LogP contribution in [0.3, 0.4) is 0 Å². The third-order valence-corrected chi connectivity index (χ3v) is 3.48. The molecule has 2 rings (SSSR count). The summed E-state index contributed by atoms with van der Waals surface area (Å²) in [5.74, 6) is -1.15. The molecule has 130 valence electrons. The van der Waals surface area contributed by atoms with Gasteiger partial charge in [-0.1, -0.05) is 0 Å². The lowest BCUT2D eigenvalue weighted by Crippen LogP contribution is -2.28. The van der Waals surface area contributed by atoms with Crippen LogP contribution < -0.4 is 5.43 Å². The van der Waals surface area contributed by atoms with E-state index in [2.05, 4.69) is 20.7 Å². The molecule has 0 fully saturated rings. The Morgan fingerprint density at radius 1 is 1.38 bits per heavy atom. The van der Waals surface area contributed by atoms with Crippen molar-refractivity contribution in [2.24, 2.45) is 12.1 Å². The molecule has 0 aliphatic heterocycles. The maximum atomic E-state index is 13.7. The summed E-state index contributed by atoms with van der Waals surface area (Å²) >= 11 is 0. The summed E-state index contributed by atoms with van der Waals surface area (Å²) in [6.07, 6.45) is -1.57. The average molecular weight is 342 g/mol. The first kappa shape index (κ1) is 17.7. The molecule has 1 atom stereocenters. The summed E-state index contributed by atoms with van der Waals surface area (Å²) in [5, 5.41) is 11.3. The van der Waals surface area contributed by atoms with Crippen LogP contribution in [0.15, 0.2) is 11.2 Å². The van der Waals surface area contributed by atoms with Crippen molar-refractivity contribution in [1.82, 2.24) is 25.0 Å². The molecular formula is C14H17F3N6O. The molecule has 0 aromatic carbocycles. The molecule has 0 aliphatic carbocycles. The molecule has 0 aliphatic rings. The fraction of sp³-hybridized carbons (Fsp3) is 0.429. The molecule has 10 heteroatoms. The van der Waals surface area contributed by atoms with E-state index in [1.54, 1.807) is 13.8 Å². The number of nitrogens with one attached hydrogen (secondary N) is 1. The highest BCUT2D eigenvalue weighted by Gasteiger charge is 2.21. The van der Waals surface area contributed by atoms with E-state index in [1.807, 2.05) is 0 Å². The summed E-state index contributed by atoms with van der Waals surface area (Å²) < 4.78 is 41.3. The number of amides is 1. The van der Waals surface area contributed by atoms with Crippen molar-refractivity contribution in [3.63, 3.8) is 0 Å². The molecule has 0 saturated carbocycles. The minimum atomic E-state index is -2.71. The minimum absolute atomic E-state index is 0.153. The van der Waals surface area contributed by atoms with Crippen molar-refractivity contribution >= 4 is 12.1 Å². The first-order valence-electron chi connectivity index (χ1n) is 7.08. The van der Waals surface area contributed by atoms with E-state index in [9.17, 15) is 18.0 Å². The predicted molar refractivity (Wildman–Crippen MR) is 80.3 cm³/mol. The highest BCUT2D eigenvalue weighted by Crippen LogP contribution is 2.20. The van der Waals surface area contributed by atoms with Crippen LogP contribution >= 0.6 is 0 Å². The maximum Gasteiger partial charge on any atom is 0.282 e. The molecule has 1 unspecified atom stereocenters. The van der Waals surface area contributed by atoms with Gasteiger partial charge in [0.15, 0.2) is 0 Å². The molecule has 0 bridgehead atoms. The number of aryl methyl sites for hydroxylation is 3. The summed E-state index contributed by atoms with van der Waals surface area (Å²) in [7, 11) is 1.45. The second-order valence-electron chi connectivity index (χ2n) is 5.28. The predicted octanol–water partition coefficient (Wildman–Crippen LogP) is 2.02. The Morgan fingerprint density at radius 2 is 2.04 bits per heavy atom. The van der Waals surface area contributed by atoms with Gasteiger partial charge in [0, 0.05) is 12.7 Å². The number of rotatable bonds is 5. The molecule has 2 aromatic heterocycles. The smallest absolute Gasteiger partial charge is 0.271 e. The van der Waals surface area contributed by atoms with Gasteiger partial charge in [-0.15, -0.1) is 0 Å². The van der Waals surface area contributed by atoms with Crippen molar-refractivity contribution in [2.75, 3.05) is 0 Å². The third kappa shape index (κ3) is 3.47. The fourth-order valence-corrected chi connectivity index (χ4v) is 2.17. The van der Waals surface area contributed by atoms with Crippen LogP contribution in [0.25, 0.3) is 0 Å². The number of halogens is 3. The lowest BCUT2D eigenvalue weighted by Gasteiger charge is -2.12. The van der Waals surface area contributed by atoms with Gasteiger partial charge in [-0.25, -0.2) is 18.9 Å². The van der Waals surface area contributed by atoms with E-state index < -0.39 is 30.0 Å². The number of hydrogen-bond donors (Lipinski definition) is 1. The molecule has 1 N–H and O–H groups in total. The zero-order valence-corrected chi connectivity index (χ0v) is 13.6. The van der Waals surface area contributed by atoms with Crippen molar-refractivity contribution in [3.05, 3.63) is 34.7 Å². The van der Waals surface area contributed by atoms with Crippen molar-refractivity contribution in [1.29, 1.82) is 0 Å². The topological polar surface area (TPSA) is 77.1 Å². The number of nitrogens with zero attached hydrogens (tertiary/aromatic N) is 5. The Hall–Kier alpha value is -2.65. The average Bonchev–Trinajstić information content (AvgIpc) is 3.01. The lowest BCUT2D eigenvalue weighted by molar-refractivity contribution is -0.124. The van der Waals surface area contributed by atoms with E-state index in [0.717, 1.165) is 10.9 Å². The Labute approximate surface area is 136 Å². The van der Waals surface area contributed by atoms with E-state index in [0.29, 0.717) is 11.4 Å². The van der Waals surface area contributed by atoms with Crippen LogP contribution in [0, 0.1) is 19.8 Å². The highest BCUT2D eigenvalue weighted by molar-refractivity contribution is 5.84. The second-order valence-corrected chi connectivity index (χ2v) is 5.28. The molecule has 0 radical (unpaired) electrons. The van der Waals surface area contributed by atoms with Gasteiger partial charge in [0.25, 0.3) is 12.3 Å².